The van der Waals surface area contributed by atoms with Crippen LogP contribution in [0, 0.1) is 0 Å². The second kappa shape index (κ2) is 9.29. The van der Waals surface area contributed by atoms with E-state index in [0.29, 0.717) is 6.04 Å². The Morgan fingerprint density at radius 1 is 0.806 bits per heavy atom. The molecule has 0 bridgehead atoms. The summed E-state index contributed by atoms with van der Waals surface area (Å²) in [6.45, 7) is 6.17. The summed E-state index contributed by atoms with van der Waals surface area (Å²) >= 11 is 0. The van der Waals surface area contributed by atoms with Gasteiger partial charge in [0.05, 0.1) is 6.04 Å². The van der Waals surface area contributed by atoms with Crippen molar-refractivity contribution >= 4 is 11.5 Å². The van der Waals surface area contributed by atoms with Gasteiger partial charge in [-0.25, -0.2) is 9.50 Å². The average Bonchev–Trinajstić information content (AvgIpc) is 3.30. The van der Waals surface area contributed by atoms with Gasteiger partial charge in [-0.05, 0) is 23.3 Å². The SMILES string of the molecule is c1ccc(C(c2ccccc2)N2CCN(CCNc3ccc4nccn4n3)CC2)cc1. The molecule has 0 aliphatic carbocycles. The number of hydrogen-bond acceptors (Lipinski definition) is 5. The van der Waals surface area contributed by atoms with Gasteiger partial charge in [0, 0.05) is 51.7 Å². The van der Waals surface area contributed by atoms with Crippen LogP contribution in [0.25, 0.3) is 5.65 Å². The first kappa shape index (κ1) is 19.7. The number of fused-ring (bicyclic) bond motifs is 1. The summed E-state index contributed by atoms with van der Waals surface area (Å²) in [7, 11) is 0. The summed E-state index contributed by atoms with van der Waals surface area (Å²) in [6, 6.07) is 26.0. The second-order valence-corrected chi connectivity index (χ2v) is 7.98. The Hall–Kier alpha value is -3.22. The summed E-state index contributed by atoms with van der Waals surface area (Å²) < 4.78 is 1.80. The Bertz CT molecular complexity index is 1050. The van der Waals surface area contributed by atoms with Crippen LogP contribution in [0.1, 0.15) is 17.2 Å². The van der Waals surface area contributed by atoms with E-state index in [1.54, 1.807) is 10.7 Å². The Morgan fingerprint density at radius 2 is 1.48 bits per heavy atom. The normalized spacial score (nSPS) is 15.5. The van der Waals surface area contributed by atoms with Crippen molar-refractivity contribution in [3.05, 3.63) is 96.3 Å². The van der Waals surface area contributed by atoms with Crippen molar-refractivity contribution in [3.8, 4) is 0 Å². The molecule has 2 aromatic heterocycles. The van der Waals surface area contributed by atoms with Crippen molar-refractivity contribution in [2.24, 2.45) is 0 Å². The van der Waals surface area contributed by atoms with E-state index in [4.69, 9.17) is 0 Å². The monoisotopic (exact) mass is 412 g/mol. The Morgan fingerprint density at radius 3 is 2.16 bits per heavy atom. The lowest BCUT2D eigenvalue weighted by atomic mass is 9.96. The maximum atomic E-state index is 4.54. The van der Waals surface area contributed by atoms with Crippen LogP contribution in [0.4, 0.5) is 5.82 Å². The van der Waals surface area contributed by atoms with Crippen molar-refractivity contribution < 1.29 is 0 Å². The summed E-state index contributed by atoms with van der Waals surface area (Å²) in [6.07, 6.45) is 3.64. The molecular formula is C25H28N6. The summed E-state index contributed by atoms with van der Waals surface area (Å²) in [4.78, 5) is 9.39. The predicted molar refractivity (Wildman–Crippen MR) is 124 cm³/mol. The minimum Gasteiger partial charge on any atom is -0.367 e. The number of nitrogens with zero attached hydrogens (tertiary/aromatic N) is 5. The molecule has 0 amide bonds. The maximum Gasteiger partial charge on any atom is 0.153 e. The largest absolute Gasteiger partial charge is 0.367 e. The quantitative estimate of drug-likeness (QED) is 0.503. The standard InChI is InChI=1S/C25H28N6/c1-3-7-21(8-4-1)25(22-9-5-2-6-10-22)30-19-17-29(18-20-30)15-13-26-23-11-12-24-27-14-16-31(24)28-23/h1-12,14,16,25H,13,15,17-20H2,(H,26,28). The number of piperazine rings is 1. The highest BCUT2D eigenvalue weighted by molar-refractivity contribution is 5.43. The Kier molecular flexibility index (Phi) is 5.91. The molecule has 6 heteroatoms. The summed E-state index contributed by atoms with van der Waals surface area (Å²) in [5.41, 5.74) is 3.60. The first-order valence-electron chi connectivity index (χ1n) is 11.0. The molecule has 1 aliphatic heterocycles. The zero-order chi connectivity index (χ0) is 20.9. The van der Waals surface area contributed by atoms with Gasteiger partial charge in [0.25, 0.3) is 0 Å². The summed E-state index contributed by atoms with van der Waals surface area (Å²) in [5.74, 6) is 0.886. The molecule has 4 aromatic rings. The van der Waals surface area contributed by atoms with Crippen LogP contribution in [0.2, 0.25) is 0 Å². The molecule has 1 N–H and O–H groups in total. The van der Waals surface area contributed by atoms with Gasteiger partial charge in [-0.3, -0.25) is 9.80 Å². The summed E-state index contributed by atoms with van der Waals surface area (Å²) in [5, 5.41) is 7.98. The number of imidazole rings is 1. The van der Waals surface area contributed by atoms with Gasteiger partial charge >= 0.3 is 0 Å². The van der Waals surface area contributed by atoms with E-state index in [1.807, 2.05) is 18.3 Å². The van der Waals surface area contributed by atoms with Crippen LogP contribution in [0.5, 0.6) is 0 Å². The van der Waals surface area contributed by atoms with Crippen LogP contribution in [0.3, 0.4) is 0 Å². The molecule has 1 fully saturated rings. The third-order valence-electron chi connectivity index (χ3n) is 5.99. The highest BCUT2D eigenvalue weighted by Gasteiger charge is 2.26. The number of hydrogen-bond donors (Lipinski definition) is 1. The maximum absolute atomic E-state index is 4.54. The van der Waals surface area contributed by atoms with Gasteiger partial charge in [0.15, 0.2) is 5.65 Å². The van der Waals surface area contributed by atoms with Crippen LogP contribution < -0.4 is 5.32 Å². The molecule has 2 aromatic carbocycles. The molecule has 0 radical (unpaired) electrons. The lowest BCUT2D eigenvalue weighted by Crippen LogP contribution is -2.48. The van der Waals surface area contributed by atoms with E-state index in [2.05, 4.69) is 85.9 Å². The Labute approximate surface area is 183 Å². The van der Waals surface area contributed by atoms with Gasteiger partial charge in [0.2, 0.25) is 0 Å². The third kappa shape index (κ3) is 4.60. The first-order valence-corrected chi connectivity index (χ1v) is 11.0. The van der Waals surface area contributed by atoms with Crippen LogP contribution in [0.15, 0.2) is 85.2 Å². The Balaban J connectivity index is 1.18. The molecule has 0 spiro atoms. The smallest absolute Gasteiger partial charge is 0.153 e. The van der Waals surface area contributed by atoms with E-state index in [1.165, 1.54) is 11.1 Å². The van der Waals surface area contributed by atoms with E-state index >= 15 is 0 Å². The van der Waals surface area contributed by atoms with Gasteiger partial charge < -0.3 is 5.32 Å². The highest BCUT2D eigenvalue weighted by atomic mass is 15.3. The number of benzene rings is 2. The molecule has 1 saturated heterocycles. The van der Waals surface area contributed by atoms with Crippen molar-refractivity contribution in [3.63, 3.8) is 0 Å². The molecule has 158 valence electrons. The molecule has 3 heterocycles. The van der Waals surface area contributed by atoms with Crippen LogP contribution >= 0.6 is 0 Å². The lowest BCUT2D eigenvalue weighted by molar-refractivity contribution is 0.112. The van der Waals surface area contributed by atoms with E-state index < -0.39 is 0 Å². The highest BCUT2D eigenvalue weighted by Crippen LogP contribution is 2.29. The molecule has 6 nitrogen and oxygen atoms in total. The van der Waals surface area contributed by atoms with Gasteiger partial charge in [-0.15, -0.1) is 5.10 Å². The number of anilines is 1. The minimum absolute atomic E-state index is 0.314. The topological polar surface area (TPSA) is 48.7 Å². The first-order chi connectivity index (χ1) is 15.4. The molecule has 31 heavy (non-hydrogen) atoms. The van der Waals surface area contributed by atoms with E-state index in [-0.39, 0.29) is 0 Å². The molecule has 5 rings (SSSR count). The van der Waals surface area contributed by atoms with Crippen molar-refractivity contribution in [2.75, 3.05) is 44.6 Å². The van der Waals surface area contributed by atoms with Crippen molar-refractivity contribution in [1.82, 2.24) is 24.4 Å². The van der Waals surface area contributed by atoms with Gasteiger partial charge in [-0.1, -0.05) is 60.7 Å². The van der Waals surface area contributed by atoms with Crippen molar-refractivity contribution in [1.29, 1.82) is 0 Å². The van der Waals surface area contributed by atoms with Crippen molar-refractivity contribution in [2.45, 2.75) is 6.04 Å². The minimum atomic E-state index is 0.314. The molecule has 1 aliphatic rings. The average molecular weight is 413 g/mol. The zero-order valence-corrected chi connectivity index (χ0v) is 17.6. The number of nitrogens with one attached hydrogen (secondary N) is 1. The predicted octanol–water partition coefficient (Wildman–Crippen LogP) is 3.55. The fourth-order valence-electron chi connectivity index (χ4n) is 4.38. The molecule has 0 atom stereocenters. The number of aromatic nitrogens is 3. The molecule has 0 unspecified atom stereocenters. The van der Waals surface area contributed by atoms with Crippen LogP contribution in [-0.4, -0.2) is 63.7 Å². The third-order valence-corrected chi connectivity index (χ3v) is 5.99. The van der Waals surface area contributed by atoms with Gasteiger partial charge in [0.1, 0.15) is 5.82 Å². The number of rotatable bonds is 7. The van der Waals surface area contributed by atoms with Gasteiger partial charge in [-0.2, -0.15) is 0 Å². The van der Waals surface area contributed by atoms with Crippen LogP contribution in [-0.2, 0) is 0 Å². The fraction of sp³-hybridized carbons (Fsp3) is 0.280. The fourth-order valence-corrected chi connectivity index (χ4v) is 4.38. The second-order valence-electron chi connectivity index (χ2n) is 7.98. The van der Waals surface area contributed by atoms with E-state index in [9.17, 15) is 0 Å². The zero-order valence-electron chi connectivity index (χ0n) is 17.6. The molecule has 0 saturated carbocycles. The van der Waals surface area contributed by atoms with E-state index in [0.717, 1.165) is 50.7 Å². The lowest BCUT2D eigenvalue weighted by Gasteiger charge is -2.39. The molecular weight excluding hydrogens is 384 g/mol.